The molecule has 0 aromatic carbocycles. The van der Waals surface area contributed by atoms with Gasteiger partial charge in [-0.25, -0.2) is 0 Å². The Morgan fingerprint density at radius 3 is 2.70 bits per heavy atom. The van der Waals surface area contributed by atoms with E-state index in [0.717, 1.165) is 0 Å². The third kappa shape index (κ3) is 1.62. The summed E-state index contributed by atoms with van der Waals surface area (Å²) in [6.45, 7) is 0.591. The summed E-state index contributed by atoms with van der Waals surface area (Å²) in [6.07, 6.45) is 5.38. The molecular weight excluding hydrogens is 129 g/mol. The van der Waals surface area contributed by atoms with Crippen molar-refractivity contribution >= 4 is 7.12 Å². The van der Waals surface area contributed by atoms with Crippen molar-refractivity contribution in [3.05, 3.63) is 23.8 Å². The normalized spacial score (nSPS) is 17.1. The van der Waals surface area contributed by atoms with E-state index in [1.54, 1.807) is 12.2 Å². The Morgan fingerprint density at radius 1 is 1.60 bits per heavy atom. The molecule has 0 atom stereocenters. The fraction of sp³-hybridized carbons (Fsp3) is 0.333. The summed E-state index contributed by atoms with van der Waals surface area (Å²) < 4.78 is 0. The summed E-state index contributed by atoms with van der Waals surface area (Å²) in [7, 11) is 0.568. The van der Waals surface area contributed by atoms with Gasteiger partial charge in [-0.3, -0.25) is 0 Å². The lowest BCUT2D eigenvalue weighted by Gasteiger charge is -2.18. The summed E-state index contributed by atoms with van der Waals surface area (Å²) in [5.74, 6) is 0. The van der Waals surface area contributed by atoms with Crippen LogP contribution in [0.3, 0.4) is 0 Å². The first-order chi connectivity index (χ1) is 4.70. The van der Waals surface area contributed by atoms with Crippen molar-refractivity contribution in [1.29, 1.82) is 0 Å². The molecule has 0 spiro atoms. The van der Waals surface area contributed by atoms with Crippen LogP contribution in [-0.4, -0.2) is 35.7 Å². The predicted molar refractivity (Wildman–Crippen MR) is 40.0 cm³/mol. The third-order valence-electron chi connectivity index (χ3n) is 1.41. The molecule has 10 heavy (non-hydrogen) atoms. The van der Waals surface area contributed by atoms with Gasteiger partial charge in [-0.2, -0.15) is 0 Å². The van der Waals surface area contributed by atoms with Gasteiger partial charge in [0.05, 0.1) is 0 Å². The van der Waals surface area contributed by atoms with Crippen molar-refractivity contribution in [3.63, 3.8) is 0 Å². The average molecular weight is 139 g/mol. The first-order valence-corrected chi connectivity index (χ1v) is 3.14. The molecule has 0 unspecified atom stereocenters. The minimum Gasteiger partial charge on any atom is -0.423 e. The van der Waals surface area contributed by atoms with Crippen LogP contribution in [0, 0.1) is 0 Å². The maximum atomic E-state index is 8.72. The molecule has 2 N–H and O–H groups in total. The van der Waals surface area contributed by atoms with Gasteiger partial charge in [-0.15, -0.1) is 0 Å². The minimum absolute atomic E-state index is 0.591. The number of allylic oxidation sites excluding steroid dienone is 2. The van der Waals surface area contributed by atoms with Crippen molar-refractivity contribution in [3.8, 4) is 0 Å². The first-order valence-electron chi connectivity index (χ1n) is 3.14. The van der Waals surface area contributed by atoms with E-state index in [2.05, 4.69) is 0 Å². The second-order valence-electron chi connectivity index (χ2n) is 2.37. The Morgan fingerprint density at radius 2 is 2.30 bits per heavy atom. The fourth-order valence-corrected chi connectivity index (χ4v) is 0.875. The summed E-state index contributed by atoms with van der Waals surface area (Å²) in [4.78, 5) is 1.88. The van der Waals surface area contributed by atoms with E-state index >= 15 is 0 Å². The molecule has 1 aliphatic heterocycles. The molecule has 0 amide bonds. The minimum atomic E-state index is -1.31. The molecule has 3 nitrogen and oxygen atoms in total. The van der Waals surface area contributed by atoms with Crippen LogP contribution in [0.5, 0.6) is 0 Å². The van der Waals surface area contributed by atoms with Crippen LogP contribution in [0.2, 0.25) is 0 Å². The van der Waals surface area contributed by atoms with E-state index < -0.39 is 7.12 Å². The highest BCUT2D eigenvalue weighted by Crippen LogP contribution is 2.05. The van der Waals surface area contributed by atoms with Crippen LogP contribution in [0.1, 0.15) is 0 Å². The van der Waals surface area contributed by atoms with Gasteiger partial charge in [0.2, 0.25) is 0 Å². The quantitative estimate of drug-likeness (QED) is 0.476. The summed E-state index contributed by atoms with van der Waals surface area (Å²) in [6, 6.07) is 0. The zero-order chi connectivity index (χ0) is 7.56. The van der Waals surface area contributed by atoms with E-state index in [-0.39, 0.29) is 0 Å². The summed E-state index contributed by atoms with van der Waals surface area (Å²) in [5, 5.41) is 17.4. The molecule has 0 radical (unpaired) electrons. The second kappa shape index (κ2) is 2.90. The van der Waals surface area contributed by atoms with Crippen molar-refractivity contribution in [2.24, 2.45) is 0 Å². The van der Waals surface area contributed by atoms with E-state index in [1.165, 1.54) is 0 Å². The number of hydrogen-bond acceptors (Lipinski definition) is 3. The Kier molecular flexibility index (Phi) is 2.14. The number of hydrogen-bond donors (Lipinski definition) is 2. The molecule has 0 aliphatic carbocycles. The van der Waals surface area contributed by atoms with Crippen LogP contribution >= 0.6 is 0 Å². The van der Waals surface area contributed by atoms with Crippen LogP contribution < -0.4 is 0 Å². The average Bonchev–Trinajstić information content (AvgIpc) is 1.88. The third-order valence-corrected chi connectivity index (χ3v) is 1.41. The maximum Gasteiger partial charge on any atom is 0.485 e. The lowest BCUT2D eigenvalue weighted by molar-refractivity contribution is 0.404. The van der Waals surface area contributed by atoms with Crippen molar-refractivity contribution < 1.29 is 10.0 Å². The molecule has 0 aromatic heterocycles. The monoisotopic (exact) mass is 139 g/mol. The van der Waals surface area contributed by atoms with Crippen molar-refractivity contribution in [2.75, 3.05) is 13.6 Å². The smallest absolute Gasteiger partial charge is 0.423 e. The predicted octanol–water partition coefficient (Wildman–Crippen LogP) is -0.616. The van der Waals surface area contributed by atoms with E-state index in [4.69, 9.17) is 10.0 Å². The number of rotatable bonds is 1. The number of likely N-dealkylation sites (N-methyl/N-ethyl adjacent to an activating group) is 1. The Labute approximate surface area is 60.4 Å². The second-order valence-corrected chi connectivity index (χ2v) is 2.37. The van der Waals surface area contributed by atoms with Crippen LogP contribution in [0.4, 0.5) is 0 Å². The summed E-state index contributed by atoms with van der Waals surface area (Å²) >= 11 is 0. The highest BCUT2D eigenvalue weighted by molar-refractivity contribution is 6.51. The van der Waals surface area contributed by atoms with Crippen LogP contribution in [0.15, 0.2) is 23.8 Å². The largest absolute Gasteiger partial charge is 0.485 e. The molecule has 4 heteroatoms. The van der Waals surface area contributed by atoms with Gasteiger partial charge in [0, 0.05) is 13.6 Å². The maximum absolute atomic E-state index is 8.72. The van der Waals surface area contributed by atoms with Crippen molar-refractivity contribution in [1.82, 2.24) is 4.90 Å². The highest BCUT2D eigenvalue weighted by Gasteiger charge is 2.16. The Hall–Kier alpha value is -0.735. The van der Waals surface area contributed by atoms with Gasteiger partial charge in [-0.05, 0) is 17.7 Å². The van der Waals surface area contributed by atoms with Gasteiger partial charge in [0.25, 0.3) is 0 Å². The molecule has 1 heterocycles. The zero-order valence-electron chi connectivity index (χ0n) is 5.86. The SMILES string of the molecule is CN1C=CC=C(B(O)O)C1. The van der Waals surface area contributed by atoms with Crippen LogP contribution in [0.25, 0.3) is 0 Å². The van der Waals surface area contributed by atoms with E-state index in [1.807, 2.05) is 18.1 Å². The highest BCUT2D eigenvalue weighted by atomic mass is 16.4. The van der Waals surface area contributed by atoms with Gasteiger partial charge in [0.15, 0.2) is 0 Å². The fourth-order valence-electron chi connectivity index (χ4n) is 0.875. The topological polar surface area (TPSA) is 43.7 Å². The Balaban J connectivity index is 2.61. The lowest BCUT2D eigenvalue weighted by atomic mass is 9.78. The molecule has 1 rings (SSSR count). The molecule has 54 valence electrons. The van der Waals surface area contributed by atoms with Gasteiger partial charge in [0.1, 0.15) is 0 Å². The Bertz CT molecular complexity index is 177. The van der Waals surface area contributed by atoms with Crippen LogP contribution in [-0.2, 0) is 0 Å². The molecule has 0 saturated heterocycles. The molecule has 0 saturated carbocycles. The molecule has 0 aromatic rings. The van der Waals surface area contributed by atoms with Gasteiger partial charge >= 0.3 is 7.12 Å². The first kappa shape index (κ1) is 7.37. The molecule has 0 bridgehead atoms. The lowest BCUT2D eigenvalue weighted by Crippen LogP contribution is -2.27. The van der Waals surface area contributed by atoms with E-state index in [9.17, 15) is 0 Å². The molecule has 1 aliphatic rings. The standard InChI is InChI=1S/C6H10BNO2/c1-8-4-2-3-6(5-8)7(9)10/h2-4,9-10H,5H2,1H3. The summed E-state index contributed by atoms with van der Waals surface area (Å²) in [5.41, 5.74) is 0.630. The van der Waals surface area contributed by atoms with Gasteiger partial charge in [-0.1, -0.05) is 6.08 Å². The van der Waals surface area contributed by atoms with Crippen molar-refractivity contribution in [2.45, 2.75) is 0 Å². The zero-order valence-corrected chi connectivity index (χ0v) is 5.86. The van der Waals surface area contributed by atoms with Gasteiger partial charge < -0.3 is 14.9 Å². The molecule has 0 fully saturated rings. The number of nitrogens with zero attached hydrogens (tertiary/aromatic N) is 1. The molecular formula is C6H10BNO2. The van der Waals surface area contributed by atoms with E-state index in [0.29, 0.717) is 12.0 Å².